The number of unbranched alkanes of at least 4 members (excludes halogenated alkanes) is 2. The summed E-state index contributed by atoms with van der Waals surface area (Å²) in [5.41, 5.74) is 0. The van der Waals surface area contributed by atoms with Crippen molar-refractivity contribution in [2.45, 2.75) is 65.8 Å². The third kappa shape index (κ3) is 10.2. The van der Waals surface area contributed by atoms with Crippen LogP contribution in [0.5, 0.6) is 0 Å². The molecule has 0 heterocycles. The van der Waals surface area contributed by atoms with Crippen LogP contribution in [0.2, 0.25) is 0 Å². The van der Waals surface area contributed by atoms with E-state index in [4.69, 9.17) is 9.47 Å². The highest BCUT2D eigenvalue weighted by Gasteiger charge is 2.08. The topological polar surface area (TPSA) is 32.6 Å². The van der Waals surface area contributed by atoms with Gasteiger partial charge >= 0.3 is 0 Å². The molecule has 0 rings (SSSR count). The first kappa shape index (κ1) is 14.9. The Labute approximate surface area is 94.5 Å². The molecule has 0 bridgehead atoms. The molecule has 3 nitrogen and oxygen atoms in total. The van der Waals surface area contributed by atoms with Crippen molar-refractivity contribution >= 4 is 0 Å². The van der Waals surface area contributed by atoms with E-state index in [1.807, 2.05) is 13.8 Å². The largest absolute Gasteiger partial charge is 0.362 e. The molecule has 0 N–H and O–H groups in total. The smallest absolute Gasteiger partial charge is 0.123 e. The van der Waals surface area contributed by atoms with Crippen LogP contribution in [0.4, 0.5) is 0 Å². The number of ether oxygens (including phenoxy) is 2. The van der Waals surface area contributed by atoms with Crippen LogP contribution in [0.15, 0.2) is 0 Å². The molecule has 0 aromatic rings. The maximum atomic E-state index is 5.51. The Morgan fingerprint density at radius 1 is 0.867 bits per heavy atom. The third-order valence-corrected chi connectivity index (χ3v) is 2.13. The lowest BCUT2D eigenvalue weighted by Gasteiger charge is -2.18. The zero-order chi connectivity index (χ0) is 11.5. The molecule has 0 saturated carbocycles. The molecule has 0 saturated heterocycles. The molecule has 0 amide bonds. The summed E-state index contributed by atoms with van der Waals surface area (Å²) in [6, 6.07) is 0. The zero-order valence-corrected chi connectivity index (χ0v) is 10.7. The molecule has 0 aliphatic heterocycles. The highest BCUT2D eigenvalue weighted by molar-refractivity contribution is 4.50. The Morgan fingerprint density at radius 3 is 1.60 bits per heavy atom. The third-order valence-electron chi connectivity index (χ3n) is 2.13. The average Bonchev–Trinajstić information content (AvgIpc) is 2.18. The maximum Gasteiger partial charge on any atom is 0.123 e. The normalized spacial score (nSPS) is 15.2. The highest BCUT2D eigenvalue weighted by Crippen LogP contribution is 1.98. The van der Waals surface area contributed by atoms with Crippen LogP contribution in [0.3, 0.4) is 0 Å². The number of hydrogen-bond donors (Lipinski definition) is 0. The van der Waals surface area contributed by atoms with E-state index >= 15 is 0 Å². The average molecular weight is 216 g/mol. The monoisotopic (exact) mass is 216 g/mol. The van der Waals surface area contributed by atoms with Gasteiger partial charge in [-0.15, -0.1) is 0 Å². The van der Waals surface area contributed by atoms with Gasteiger partial charge in [0.25, 0.3) is 0 Å². The Morgan fingerprint density at radius 2 is 1.27 bits per heavy atom. The number of rotatable bonds is 10. The minimum absolute atomic E-state index is 0.0480. The first-order chi connectivity index (χ1) is 7.20. The summed E-state index contributed by atoms with van der Waals surface area (Å²) in [4.78, 5) is 0. The Hall–Kier alpha value is -0.120. The molecule has 0 aromatic heterocycles. The van der Waals surface area contributed by atoms with Crippen LogP contribution >= 0.6 is 0 Å². The van der Waals surface area contributed by atoms with Crippen molar-refractivity contribution in [3.05, 3.63) is 0 Å². The Kier molecular flexibility index (Phi) is 10.3. The molecule has 91 valence electrons. The van der Waals surface area contributed by atoms with Crippen LogP contribution < -0.4 is 5.32 Å². The summed E-state index contributed by atoms with van der Waals surface area (Å²) in [5, 5.41) is 4.38. The van der Waals surface area contributed by atoms with Gasteiger partial charge in [-0.25, -0.2) is 0 Å². The van der Waals surface area contributed by atoms with Gasteiger partial charge in [0, 0.05) is 13.2 Å². The zero-order valence-electron chi connectivity index (χ0n) is 10.7. The minimum atomic E-state index is -0.0480. The molecule has 0 aromatic carbocycles. The van der Waals surface area contributed by atoms with Gasteiger partial charge in [-0.3, -0.25) is 0 Å². The van der Waals surface area contributed by atoms with Gasteiger partial charge in [-0.2, -0.15) is 5.32 Å². The summed E-state index contributed by atoms with van der Waals surface area (Å²) >= 11 is 0. The van der Waals surface area contributed by atoms with E-state index in [1.165, 1.54) is 0 Å². The van der Waals surface area contributed by atoms with Crippen molar-refractivity contribution in [1.82, 2.24) is 5.32 Å². The second-order valence-electron chi connectivity index (χ2n) is 3.80. The predicted molar refractivity (Wildman–Crippen MR) is 62.8 cm³/mol. The van der Waals surface area contributed by atoms with Crippen molar-refractivity contribution in [3.8, 4) is 0 Å². The fraction of sp³-hybridized carbons (Fsp3) is 1.00. The van der Waals surface area contributed by atoms with Gasteiger partial charge in [0.15, 0.2) is 0 Å². The van der Waals surface area contributed by atoms with E-state index in [1.54, 1.807) is 0 Å². The Bertz CT molecular complexity index is 117. The van der Waals surface area contributed by atoms with E-state index in [0.29, 0.717) is 0 Å². The second kappa shape index (κ2) is 10.4. The summed E-state index contributed by atoms with van der Waals surface area (Å²) in [6.45, 7) is 9.83. The van der Waals surface area contributed by atoms with Crippen molar-refractivity contribution in [2.75, 3.05) is 13.2 Å². The van der Waals surface area contributed by atoms with E-state index in [9.17, 15) is 0 Å². The van der Waals surface area contributed by atoms with Crippen molar-refractivity contribution in [1.29, 1.82) is 0 Å². The van der Waals surface area contributed by atoms with Crippen LogP contribution in [0.25, 0.3) is 0 Å². The standard InChI is InChI=1S/C12H26NO2/c1-5-7-9-14-11(3)13-12(4)15-10-8-6-2/h11-12H,5-10H2,1-4H3. The molecule has 2 unspecified atom stereocenters. The van der Waals surface area contributed by atoms with Crippen molar-refractivity contribution in [3.63, 3.8) is 0 Å². The summed E-state index contributed by atoms with van der Waals surface area (Å²) in [5.74, 6) is 0. The second-order valence-corrected chi connectivity index (χ2v) is 3.80. The molecule has 0 fully saturated rings. The molecular formula is C12H26NO2. The lowest BCUT2D eigenvalue weighted by atomic mass is 10.3. The van der Waals surface area contributed by atoms with Crippen LogP contribution in [0, 0.1) is 0 Å². The van der Waals surface area contributed by atoms with Gasteiger partial charge in [0.05, 0.1) is 0 Å². The van der Waals surface area contributed by atoms with Crippen molar-refractivity contribution < 1.29 is 9.47 Å². The van der Waals surface area contributed by atoms with Crippen LogP contribution in [-0.2, 0) is 9.47 Å². The quantitative estimate of drug-likeness (QED) is 0.526. The fourth-order valence-corrected chi connectivity index (χ4v) is 1.18. The van der Waals surface area contributed by atoms with Crippen LogP contribution in [-0.4, -0.2) is 25.7 Å². The van der Waals surface area contributed by atoms with Gasteiger partial charge in [0.2, 0.25) is 0 Å². The van der Waals surface area contributed by atoms with E-state index < -0.39 is 0 Å². The van der Waals surface area contributed by atoms with Crippen molar-refractivity contribution in [2.24, 2.45) is 0 Å². The highest BCUT2D eigenvalue weighted by atomic mass is 16.5. The molecule has 0 aliphatic rings. The van der Waals surface area contributed by atoms with Crippen LogP contribution in [0.1, 0.15) is 53.4 Å². The maximum absolute atomic E-state index is 5.51. The van der Waals surface area contributed by atoms with E-state index in [-0.39, 0.29) is 12.5 Å². The predicted octanol–water partition coefficient (Wildman–Crippen LogP) is 2.92. The molecule has 0 aliphatic carbocycles. The fourth-order valence-electron chi connectivity index (χ4n) is 1.18. The lowest BCUT2D eigenvalue weighted by molar-refractivity contribution is -0.0355. The van der Waals surface area contributed by atoms with Gasteiger partial charge in [0.1, 0.15) is 12.5 Å². The number of hydrogen-bond acceptors (Lipinski definition) is 2. The number of nitrogens with zero attached hydrogens (tertiary/aromatic N) is 1. The first-order valence-electron chi connectivity index (χ1n) is 6.13. The summed E-state index contributed by atoms with van der Waals surface area (Å²) in [6.07, 6.45) is 4.43. The molecule has 15 heavy (non-hydrogen) atoms. The lowest BCUT2D eigenvalue weighted by Crippen LogP contribution is -2.32. The SMILES string of the molecule is CCCCOC(C)[N]C(C)OCCCC. The summed E-state index contributed by atoms with van der Waals surface area (Å²) < 4.78 is 11.0. The van der Waals surface area contributed by atoms with E-state index in [2.05, 4.69) is 19.2 Å². The molecule has 1 radical (unpaired) electrons. The molecular weight excluding hydrogens is 190 g/mol. The molecule has 3 heteroatoms. The van der Waals surface area contributed by atoms with Gasteiger partial charge in [-0.05, 0) is 26.7 Å². The Balaban J connectivity index is 3.35. The first-order valence-corrected chi connectivity index (χ1v) is 6.13. The molecule has 2 atom stereocenters. The minimum Gasteiger partial charge on any atom is -0.362 e. The molecule has 0 spiro atoms. The van der Waals surface area contributed by atoms with Gasteiger partial charge in [-0.1, -0.05) is 26.7 Å². The summed E-state index contributed by atoms with van der Waals surface area (Å²) in [7, 11) is 0. The van der Waals surface area contributed by atoms with Gasteiger partial charge < -0.3 is 9.47 Å². The van der Waals surface area contributed by atoms with E-state index in [0.717, 1.165) is 38.9 Å².